The van der Waals surface area contributed by atoms with Gasteiger partial charge in [0.2, 0.25) is 0 Å². The molecule has 2 heterocycles. The first kappa shape index (κ1) is 14.1. The number of nitrogens with one attached hydrogen (secondary N) is 3. The zero-order chi connectivity index (χ0) is 14.5. The van der Waals surface area contributed by atoms with Crippen molar-refractivity contribution in [2.75, 3.05) is 26.2 Å². The van der Waals surface area contributed by atoms with Crippen LogP contribution in [0.3, 0.4) is 0 Å². The summed E-state index contributed by atoms with van der Waals surface area (Å²) < 4.78 is 5.78. The van der Waals surface area contributed by atoms with E-state index in [1.807, 2.05) is 24.3 Å². The molecule has 5 nitrogen and oxygen atoms in total. The molecule has 0 unspecified atom stereocenters. The molecule has 112 valence electrons. The number of hydrogen-bond donors (Lipinski definition) is 3. The lowest BCUT2D eigenvalue weighted by Gasteiger charge is -2.22. The standard InChI is InChI=1S/C16H21N3O2/c20-16(14-11-19-15-4-2-1-3-13(14)15)18-9-10-21-12-5-7-17-8-6-12/h1-4,11-12,17,19H,5-10H2,(H,18,20). The predicted octanol–water partition coefficient (Wildman–Crippen LogP) is 1.67. The van der Waals surface area contributed by atoms with Crippen molar-refractivity contribution in [1.82, 2.24) is 15.6 Å². The van der Waals surface area contributed by atoms with Crippen LogP contribution in [0.2, 0.25) is 0 Å². The van der Waals surface area contributed by atoms with E-state index in [1.165, 1.54) is 0 Å². The summed E-state index contributed by atoms with van der Waals surface area (Å²) in [6.07, 6.45) is 4.19. The van der Waals surface area contributed by atoms with Gasteiger partial charge in [-0.2, -0.15) is 0 Å². The molecule has 5 heteroatoms. The Kier molecular flexibility index (Phi) is 4.52. The maximum Gasteiger partial charge on any atom is 0.253 e. The quantitative estimate of drug-likeness (QED) is 0.733. The number of H-pyrrole nitrogens is 1. The molecule has 0 radical (unpaired) electrons. The first-order valence-electron chi connectivity index (χ1n) is 7.51. The van der Waals surface area contributed by atoms with E-state index in [9.17, 15) is 4.79 Å². The van der Waals surface area contributed by atoms with E-state index < -0.39 is 0 Å². The van der Waals surface area contributed by atoms with Gasteiger partial charge in [-0.3, -0.25) is 4.79 Å². The maximum atomic E-state index is 12.2. The molecule has 3 rings (SSSR count). The van der Waals surface area contributed by atoms with Gasteiger partial charge in [-0.1, -0.05) is 18.2 Å². The smallest absolute Gasteiger partial charge is 0.253 e. The Bertz CT molecular complexity index is 602. The second-order valence-electron chi connectivity index (χ2n) is 5.32. The average molecular weight is 287 g/mol. The van der Waals surface area contributed by atoms with Gasteiger partial charge in [0.15, 0.2) is 0 Å². The summed E-state index contributed by atoms with van der Waals surface area (Å²) >= 11 is 0. The molecule has 0 saturated carbocycles. The molecular weight excluding hydrogens is 266 g/mol. The van der Waals surface area contributed by atoms with E-state index >= 15 is 0 Å². The Morgan fingerprint density at radius 2 is 2.10 bits per heavy atom. The summed E-state index contributed by atoms with van der Waals surface area (Å²) in [5.41, 5.74) is 1.67. The number of benzene rings is 1. The predicted molar refractivity (Wildman–Crippen MR) is 82.5 cm³/mol. The molecule has 1 aromatic carbocycles. The third-order valence-corrected chi connectivity index (χ3v) is 3.86. The van der Waals surface area contributed by atoms with Crippen LogP contribution in [0, 0.1) is 0 Å². The minimum atomic E-state index is -0.0543. The van der Waals surface area contributed by atoms with Crippen molar-refractivity contribution < 1.29 is 9.53 Å². The minimum absolute atomic E-state index is 0.0543. The largest absolute Gasteiger partial charge is 0.376 e. The number of amides is 1. The highest BCUT2D eigenvalue weighted by molar-refractivity contribution is 6.06. The van der Waals surface area contributed by atoms with Gasteiger partial charge in [0, 0.05) is 23.6 Å². The highest BCUT2D eigenvalue weighted by atomic mass is 16.5. The molecule has 1 aliphatic heterocycles. The van der Waals surface area contributed by atoms with Crippen LogP contribution in [0.4, 0.5) is 0 Å². The number of piperidine rings is 1. The third-order valence-electron chi connectivity index (χ3n) is 3.86. The van der Waals surface area contributed by atoms with Crippen molar-refractivity contribution in [1.29, 1.82) is 0 Å². The van der Waals surface area contributed by atoms with Gasteiger partial charge < -0.3 is 20.4 Å². The molecule has 0 aliphatic carbocycles. The highest BCUT2D eigenvalue weighted by Gasteiger charge is 2.14. The second kappa shape index (κ2) is 6.74. The van der Waals surface area contributed by atoms with Crippen molar-refractivity contribution >= 4 is 16.8 Å². The lowest BCUT2D eigenvalue weighted by molar-refractivity contribution is 0.0343. The van der Waals surface area contributed by atoms with Crippen LogP contribution < -0.4 is 10.6 Å². The van der Waals surface area contributed by atoms with Crippen molar-refractivity contribution in [3.63, 3.8) is 0 Å². The molecule has 0 atom stereocenters. The first-order valence-corrected chi connectivity index (χ1v) is 7.51. The molecule has 1 aromatic heterocycles. The molecular formula is C16H21N3O2. The zero-order valence-corrected chi connectivity index (χ0v) is 12.0. The third kappa shape index (κ3) is 3.43. The Balaban J connectivity index is 1.48. The van der Waals surface area contributed by atoms with Gasteiger partial charge in [0.05, 0.1) is 18.3 Å². The lowest BCUT2D eigenvalue weighted by Crippen LogP contribution is -2.34. The van der Waals surface area contributed by atoms with Gasteiger partial charge in [-0.05, 0) is 32.0 Å². The normalized spacial score (nSPS) is 16.2. The fourth-order valence-electron chi connectivity index (χ4n) is 2.71. The number of fused-ring (bicyclic) bond motifs is 1. The highest BCUT2D eigenvalue weighted by Crippen LogP contribution is 2.17. The number of hydrogen-bond acceptors (Lipinski definition) is 3. The number of carbonyl (C=O) groups excluding carboxylic acids is 1. The number of ether oxygens (including phenoxy) is 1. The van der Waals surface area contributed by atoms with E-state index in [0.29, 0.717) is 24.8 Å². The van der Waals surface area contributed by atoms with E-state index in [4.69, 9.17) is 4.74 Å². The summed E-state index contributed by atoms with van der Waals surface area (Å²) in [5, 5.41) is 7.18. The number of rotatable bonds is 5. The minimum Gasteiger partial charge on any atom is -0.376 e. The molecule has 1 saturated heterocycles. The van der Waals surface area contributed by atoms with E-state index in [2.05, 4.69) is 15.6 Å². The van der Waals surface area contributed by atoms with Crippen molar-refractivity contribution in [2.24, 2.45) is 0 Å². The number of aromatic amines is 1. The van der Waals surface area contributed by atoms with Crippen LogP contribution in [0.25, 0.3) is 10.9 Å². The summed E-state index contributed by atoms with van der Waals surface area (Å²) in [6.45, 7) is 3.15. The molecule has 1 fully saturated rings. The summed E-state index contributed by atoms with van der Waals surface area (Å²) in [7, 11) is 0. The number of para-hydroxylation sites is 1. The van der Waals surface area contributed by atoms with E-state index in [-0.39, 0.29) is 5.91 Å². The van der Waals surface area contributed by atoms with Gasteiger partial charge in [-0.15, -0.1) is 0 Å². The van der Waals surface area contributed by atoms with Gasteiger partial charge in [-0.25, -0.2) is 0 Å². The van der Waals surface area contributed by atoms with Crippen molar-refractivity contribution in [3.8, 4) is 0 Å². The molecule has 1 aliphatic rings. The monoisotopic (exact) mass is 287 g/mol. The van der Waals surface area contributed by atoms with E-state index in [1.54, 1.807) is 6.20 Å². The second-order valence-corrected chi connectivity index (χ2v) is 5.32. The fraction of sp³-hybridized carbons (Fsp3) is 0.438. The van der Waals surface area contributed by atoms with Crippen LogP contribution in [0.5, 0.6) is 0 Å². The van der Waals surface area contributed by atoms with Crippen LogP contribution >= 0.6 is 0 Å². The van der Waals surface area contributed by atoms with Crippen LogP contribution in [0.15, 0.2) is 30.5 Å². The van der Waals surface area contributed by atoms with Gasteiger partial charge in [0.1, 0.15) is 0 Å². The Labute approximate surface area is 124 Å². The maximum absolute atomic E-state index is 12.2. The molecule has 1 amide bonds. The Hall–Kier alpha value is -1.85. The molecule has 0 spiro atoms. The first-order chi connectivity index (χ1) is 10.3. The topological polar surface area (TPSA) is 66.2 Å². The van der Waals surface area contributed by atoms with Gasteiger partial charge >= 0.3 is 0 Å². The van der Waals surface area contributed by atoms with Crippen LogP contribution in [-0.2, 0) is 4.74 Å². The lowest BCUT2D eigenvalue weighted by atomic mass is 10.1. The molecule has 0 bridgehead atoms. The van der Waals surface area contributed by atoms with Crippen molar-refractivity contribution in [2.45, 2.75) is 18.9 Å². The Morgan fingerprint density at radius 1 is 1.29 bits per heavy atom. The zero-order valence-electron chi connectivity index (χ0n) is 12.0. The van der Waals surface area contributed by atoms with E-state index in [0.717, 1.165) is 36.8 Å². The average Bonchev–Trinajstić information content (AvgIpc) is 2.96. The fourth-order valence-corrected chi connectivity index (χ4v) is 2.71. The number of aromatic nitrogens is 1. The van der Waals surface area contributed by atoms with Crippen LogP contribution in [0.1, 0.15) is 23.2 Å². The molecule has 2 aromatic rings. The summed E-state index contributed by atoms with van der Waals surface area (Å²) in [6, 6.07) is 7.80. The molecule has 21 heavy (non-hydrogen) atoms. The molecule has 3 N–H and O–H groups in total. The van der Waals surface area contributed by atoms with Crippen molar-refractivity contribution in [3.05, 3.63) is 36.0 Å². The summed E-state index contributed by atoms with van der Waals surface area (Å²) in [5.74, 6) is -0.0543. The Morgan fingerprint density at radius 3 is 2.95 bits per heavy atom. The van der Waals surface area contributed by atoms with Gasteiger partial charge in [0.25, 0.3) is 5.91 Å². The van der Waals surface area contributed by atoms with Crippen LogP contribution in [-0.4, -0.2) is 43.2 Å². The summed E-state index contributed by atoms with van der Waals surface area (Å²) in [4.78, 5) is 15.3. The number of carbonyl (C=O) groups is 1. The SMILES string of the molecule is O=C(NCCOC1CCNCC1)c1c[nH]c2ccccc12.